The summed E-state index contributed by atoms with van der Waals surface area (Å²) in [5.41, 5.74) is 1.41. The molecule has 1 unspecified atom stereocenters. The van der Waals surface area contributed by atoms with E-state index in [-0.39, 0.29) is 11.6 Å². The first-order valence-corrected chi connectivity index (χ1v) is 10.6. The number of thiazole rings is 1. The molecule has 0 saturated carbocycles. The zero-order valence-electron chi connectivity index (χ0n) is 15.8. The number of rotatable bonds is 8. The summed E-state index contributed by atoms with van der Waals surface area (Å²) in [5, 5.41) is 3.55. The number of hydrogen-bond donors (Lipinski definition) is 1. The largest absolute Gasteiger partial charge is 0.308 e. The van der Waals surface area contributed by atoms with Gasteiger partial charge in [0, 0.05) is 13.1 Å². The molecule has 3 rings (SSSR count). The van der Waals surface area contributed by atoms with E-state index in [1.54, 1.807) is 4.57 Å². The highest BCUT2D eigenvalue weighted by atomic mass is 79.9. The summed E-state index contributed by atoms with van der Waals surface area (Å²) in [6.07, 6.45) is 0.847. The summed E-state index contributed by atoms with van der Waals surface area (Å²) in [6, 6.07) is 10.0. The number of halogens is 1. The van der Waals surface area contributed by atoms with Gasteiger partial charge in [-0.15, -0.1) is 0 Å². The number of hydrogen-bond acceptors (Lipinski definition) is 6. The number of likely N-dealkylation sites (N-methyl/N-ethyl adjacent to an activating group) is 1. The van der Waals surface area contributed by atoms with Gasteiger partial charge in [0.2, 0.25) is 0 Å². The van der Waals surface area contributed by atoms with Gasteiger partial charge in [-0.05, 0) is 42.0 Å². The third-order valence-corrected chi connectivity index (χ3v) is 5.78. The Morgan fingerprint density at radius 1 is 1.26 bits per heavy atom. The van der Waals surface area contributed by atoms with Gasteiger partial charge < -0.3 is 10.2 Å². The van der Waals surface area contributed by atoms with Crippen molar-refractivity contribution in [3.63, 3.8) is 0 Å². The van der Waals surface area contributed by atoms with Crippen LogP contribution in [0.25, 0.3) is 10.3 Å². The van der Waals surface area contributed by atoms with E-state index in [1.807, 2.05) is 44.4 Å². The van der Waals surface area contributed by atoms with Crippen molar-refractivity contribution in [2.75, 3.05) is 27.2 Å². The first kappa shape index (κ1) is 20.1. The minimum Gasteiger partial charge on any atom is -0.308 e. The smallest absolute Gasteiger partial charge is 0.281 e. The van der Waals surface area contributed by atoms with Crippen LogP contribution in [0.1, 0.15) is 30.8 Å². The third kappa shape index (κ3) is 4.82. The Labute approximate surface area is 171 Å². The fourth-order valence-corrected chi connectivity index (χ4v) is 4.27. The topological polar surface area (TPSA) is 63.0 Å². The maximum atomic E-state index is 13.2. The lowest BCUT2D eigenvalue weighted by Gasteiger charge is -2.22. The fourth-order valence-electron chi connectivity index (χ4n) is 2.96. The van der Waals surface area contributed by atoms with Crippen LogP contribution in [0.3, 0.4) is 0 Å². The second-order valence-electron chi connectivity index (χ2n) is 6.69. The molecule has 0 spiro atoms. The minimum atomic E-state index is -0.0892. The molecule has 1 N–H and O–H groups in total. The molecule has 144 valence electrons. The van der Waals surface area contributed by atoms with Gasteiger partial charge in [0.1, 0.15) is 5.82 Å². The second kappa shape index (κ2) is 9.05. The van der Waals surface area contributed by atoms with Gasteiger partial charge in [-0.1, -0.05) is 48.6 Å². The van der Waals surface area contributed by atoms with Crippen LogP contribution in [0.4, 0.5) is 0 Å². The van der Waals surface area contributed by atoms with Gasteiger partial charge in [0.25, 0.3) is 5.56 Å². The normalized spacial score (nSPS) is 12.8. The van der Waals surface area contributed by atoms with Crippen LogP contribution in [0.5, 0.6) is 0 Å². The Morgan fingerprint density at radius 3 is 2.67 bits per heavy atom. The molecule has 6 nitrogen and oxygen atoms in total. The van der Waals surface area contributed by atoms with E-state index in [0.717, 1.165) is 30.9 Å². The van der Waals surface area contributed by atoms with Crippen molar-refractivity contribution in [2.24, 2.45) is 0 Å². The standard InChI is InChI=1S/C19H24BrN5OS/c1-4-14(21-10-11-24(2)3)16-23-17-15(22-19(20)27-17)18(26)25(16)12-13-8-6-5-7-9-13/h5-9,14,21H,4,10-12H2,1-3H3. The highest BCUT2D eigenvalue weighted by molar-refractivity contribution is 9.11. The molecule has 8 heteroatoms. The van der Waals surface area contributed by atoms with Crippen molar-refractivity contribution in [2.45, 2.75) is 25.9 Å². The van der Waals surface area contributed by atoms with E-state index in [0.29, 0.717) is 20.8 Å². The maximum absolute atomic E-state index is 13.2. The number of benzene rings is 1. The lowest BCUT2D eigenvalue weighted by Crippen LogP contribution is -2.35. The van der Waals surface area contributed by atoms with Gasteiger partial charge in [0.15, 0.2) is 14.3 Å². The molecular weight excluding hydrogens is 426 g/mol. The van der Waals surface area contributed by atoms with Gasteiger partial charge >= 0.3 is 0 Å². The number of nitrogens with zero attached hydrogens (tertiary/aromatic N) is 4. The van der Waals surface area contributed by atoms with Gasteiger partial charge in [-0.25, -0.2) is 9.97 Å². The Morgan fingerprint density at radius 2 is 2.00 bits per heavy atom. The first-order valence-electron chi connectivity index (χ1n) is 8.98. The zero-order chi connectivity index (χ0) is 19.4. The van der Waals surface area contributed by atoms with E-state index in [4.69, 9.17) is 4.98 Å². The third-order valence-electron chi connectivity index (χ3n) is 4.38. The molecule has 0 aliphatic heterocycles. The van der Waals surface area contributed by atoms with Crippen LogP contribution < -0.4 is 10.9 Å². The highest BCUT2D eigenvalue weighted by Crippen LogP contribution is 2.25. The number of aromatic nitrogens is 3. The predicted molar refractivity (Wildman–Crippen MR) is 115 cm³/mol. The van der Waals surface area contributed by atoms with Crippen molar-refractivity contribution in [3.05, 3.63) is 56.0 Å². The molecule has 0 aliphatic rings. The molecule has 0 radical (unpaired) electrons. The zero-order valence-corrected chi connectivity index (χ0v) is 18.2. The quantitative estimate of drug-likeness (QED) is 0.571. The van der Waals surface area contributed by atoms with Crippen LogP contribution >= 0.6 is 27.3 Å². The molecule has 27 heavy (non-hydrogen) atoms. The summed E-state index contributed by atoms with van der Waals surface area (Å²) >= 11 is 4.78. The lowest BCUT2D eigenvalue weighted by atomic mass is 10.1. The van der Waals surface area contributed by atoms with Crippen molar-refractivity contribution in [1.82, 2.24) is 24.8 Å². The van der Waals surface area contributed by atoms with E-state index in [9.17, 15) is 4.79 Å². The van der Waals surface area contributed by atoms with Crippen molar-refractivity contribution in [3.8, 4) is 0 Å². The predicted octanol–water partition coefficient (Wildman–Crippen LogP) is 3.27. The molecule has 0 bridgehead atoms. The highest BCUT2D eigenvalue weighted by Gasteiger charge is 2.21. The van der Waals surface area contributed by atoms with Crippen LogP contribution in [-0.2, 0) is 6.54 Å². The van der Waals surface area contributed by atoms with Crippen molar-refractivity contribution in [1.29, 1.82) is 0 Å². The molecule has 0 amide bonds. The van der Waals surface area contributed by atoms with Crippen LogP contribution in [-0.4, -0.2) is 46.6 Å². The maximum Gasteiger partial charge on any atom is 0.281 e. The van der Waals surface area contributed by atoms with E-state index in [1.165, 1.54) is 11.3 Å². The molecule has 0 aliphatic carbocycles. The summed E-state index contributed by atoms with van der Waals surface area (Å²) in [6.45, 7) is 4.35. The summed E-state index contributed by atoms with van der Waals surface area (Å²) < 4.78 is 2.44. The van der Waals surface area contributed by atoms with Crippen LogP contribution in [0, 0.1) is 0 Å². The van der Waals surface area contributed by atoms with Gasteiger partial charge in [-0.2, -0.15) is 0 Å². The molecule has 1 aromatic carbocycles. The summed E-state index contributed by atoms with van der Waals surface area (Å²) in [4.78, 5) is 25.2. The van der Waals surface area contributed by atoms with Crippen LogP contribution in [0.15, 0.2) is 39.0 Å². The molecule has 0 saturated heterocycles. The van der Waals surface area contributed by atoms with Crippen LogP contribution in [0.2, 0.25) is 0 Å². The molecule has 2 aromatic heterocycles. The number of nitrogens with one attached hydrogen (secondary N) is 1. The van der Waals surface area contributed by atoms with E-state index >= 15 is 0 Å². The van der Waals surface area contributed by atoms with E-state index in [2.05, 4.69) is 38.1 Å². The molecular formula is C19H24BrN5OS. The Kier molecular flexibility index (Phi) is 6.75. The van der Waals surface area contributed by atoms with Crippen molar-refractivity contribution < 1.29 is 0 Å². The minimum absolute atomic E-state index is 0.00615. The molecule has 3 aromatic rings. The van der Waals surface area contributed by atoms with Gasteiger partial charge in [-0.3, -0.25) is 9.36 Å². The monoisotopic (exact) mass is 449 g/mol. The molecule has 0 fully saturated rings. The Bertz CT molecular complexity index is 954. The average Bonchev–Trinajstić information content (AvgIpc) is 3.02. The Hall–Kier alpha value is -1.61. The fraction of sp³-hybridized carbons (Fsp3) is 0.421. The Balaban J connectivity index is 2.05. The molecule has 1 atom stereocenters. The SMILES string of the molecule is CCC(NCCN(C)C)c1nc2sc(Br)nc2c(=O)n1Cc1ccccc1. The average molecular weight is 450 g/mol. The van der Waals surface area contributed by atoms with E-state index < -0.39 is 0 Å². The summed E-state index contributed by atoms with van der Waals surface area (Å²) in [7, 11) is 4.10. The second-order valence-corrected chi connectivity index (χ2v) is 8.94. The number of fused-ring (bicyclic) bond motifs is 1. The lowest BCUT2D eigenvalue weighted by molar-refractivity contribution is 0.373. The summed E-state index contributed by atoms with van der Waals surface area (Å²) in [5.74, 6) is 0.772. The molecule has 2 heterocycles. The first-order chi connectivity index (χ1) is 13.0. The van der Waals surface area contributed by atoms with Crippen molar-refractivity contribution >= 4 is 37.6 Å². The van der Waals surface area contributed by atoms with Gasteiger partial charge in [0.05, 0.1) is 12.6 Å².